The maximum Gasteiger partial charge on any atom is 0.387 e. The second-order valence-corrected chi connectivity index (χ2v) is 7.28. The Morgan fingerprint density at radius 2 is 2.00 bits per heavy atom. The Bertz CT molecular complexity index is 821. The minimum Gasteiger partial charge on any atom is -0.549 e. The number of benzene rings is 1. The number of aliphatic carboxylic acids is 1. The standard InChI is InChI=1S/C18H20F2N4O3S/c19-17(20)27-14-8-6-12(7-9-14)10-21-24-16(13-4-2-1-3-5-13)22-23-18(24)28-11-15(25)26/h6-10,13,17H,1-5,11H2,(H,25,26)/p-1/b21-10-. The minimum absolute atomic E-state index is 0.0598. The summed E-state index contributed by atoms with van der Waals surface area (Å²) in [5, 5.41) is 23.9. The van der Waals surface area contributed by atoms with Gasteiger partial charge in [0.2, 0.25) is 5.16 Å². The second-order valence-electron chi connectivity index (χ2n) is 6.34. The number of halogens is 2. The highest BCUT2D eigenvalue weighted by Gasteiger charge is 2.23. The number of carboxylic acids is 1. The van der Waals surface area contributed by atoms with Gasteiger partial charge in [-0.3, -0.25) is 0 Å². The van der Waals surface area contributed by atoms with E-state index >= 15 is 0 Å². The Morgan fingerprint density at radius 1 is 1.29 bits per heavy atom. The van der Waals surface area contributed by atoms with Gasteiger partial charge in [0.15, 0.2) is 5.82 Å². The van der Waals surface area contributed by atoms with E-state index in [1.807, 2.05) is 0 Å². The van der Waals surface area contributed by atoms with Crippen molar-refractivity contribution in [2.45, 2.75) is 49.8 Å². The molecule has 1 aliphatic carbocycles. The second kappa shape index (κ2) is 9.63. The molecule has 3 rings (SSSR count). The molecule has 0 aliphatic heterocycles. The van der Waals surface area contributed by atoms with Crippen molar-refractivity contribution in [3.05, 3.63) is 35.7 Å². The summed E-state index contributed by atoms with van der Waals surface area (Å²) >= 11 is 0.995. The van der Waals surface area contributed by atoms with Crippen LogP contribution in [0, 0.1) is 0 Å². The van der Waals surface area contributed by atoms with Crippen LogP contribution in [0.5, 0.6) is 5.75 Å². The number of nitrogens with zero attached hydrogens (tertiary/aromatic N) is 4. The molecular weight excluding hydrogens is 390 g/mol. The summed E-state index contributed by atoms with van der Waals surface area (Å²) in [7, 11) is 0. The van der Waals surface area contributed by atoms with E-state index in [0.29, 0.717) is 16.5 Å². The van der Waals surface area contributed by atoms with Crippen LogP contribution in [-0.4, -0.2) is 39.4 Å². The van der Waals surface area contributed by atoms with Crippen LogP contribution in [0.1, 0.15) is 49.4 Å². The Morgan fingerprint density at radius 3 is 2.64 bits per heavy atom. The van der Waals surface area contributed by atoms with Crippen molar-refractivity contribution >= 4 is 23.9 Å². The molecule has 0 atom stereocenters. The maximum atomic E-state index is 12.2. The number of carbonyl (C=O) groups excluding carboxylic acids is 1. The van der Waals surface area contributed by atoms with E-state index in [1.54, 1.807) is 23.0 Å². The molecule has 150 valence electrons. The first-order chi connectivity index (χ1) is 13.5. The van der Waals surface area contributed by atoms with Crippen LogP contribution in [0.2, 0.25) is 0 Å². The molecule has 0 bridgehead atoms. The average Bonchev–Trinajstić information content (AvgIpc) is 3.09. The molecule has 10 heteroatoms. The number of ether oxygens (including phenoxy) is 1. The van der Waals surface area contributed by atoms with E-state index in [2.05, 4.69) is 20.0 Å². The van der Waals surface area contributed by atoms with E-state index in [9.17, 15) is 18.7 Å². The molecule has 1 heterocycles. The van der Waals surface area contributed by atoms with Crippen molar-refractivity contribution in [1.82, 2.24) is 14.9 Å². The van der Waals surface area contributed by atoms with Crippen LogP contribution in [0.25, 0.3) is 0 Å². The molecule has 1 aliphatic rings. The highest BCUT2D eigenvalue weighted by Crippen LogP contribution is 2.33. The number of alkyl halides is 2. The lowest BCUT2D eigenvalue weighted by Crippen LogP contribution is -2.24. The molecule has 1 aromatic carbocycles. The van der Waals surface area contributed by atoms with Crippen LogP contribution < -0.4 is 9.84 Å². The molecule has 0 N–H and O–H groups in total. The zero-order chi connectivity index (χ0) is 19.9. The Hall–Kier alpha value is -2.49. The predicted octanol–water partition coefficient (Wildman–Crippen LogP) is 2.65. The minimum atomic E-state index is -2.88. The van der Waals surface area contributed by atoms with E-state index in [4.69, 9.17) is 0 Å². The van der Waals surface area contributed by atoms with E-state index < -0.39 is 12.6 Å². The fourth-order valence-corrected chi connectivity index (χ4v) is 3.68. The molecule has 0 radical (unpaired) electrons. The van der Waals surface area contributed by atoms with E-state index in [0.717, 1.165) is 37.4 Å². The zero-order valence-electron chi connectivity index (χ0n) is 15.0. The van der Waals surface area contributed by atoms with Gasteiger partial charge in [0.25, 0.3) is 0 Å². The molecule has 1 saturated carbocycles. The van der Waals surface area contributed by atoms with Gasteiger partial charge in [0.1, 0.15) is 5.75 Å². The number of carboxylic acid groups (broad SMARTS) is 1. The fourth-order valence-electron chi connectivity index (χ4n) is 3.07. The van der Waals surface area contributed by atoms with Crippen molar-refractivity contribution in [3.8, 4) is 5.75 Å². The third-order valence-corrected chi connectivity index (χ3v) is 5.25. The Kier molecular flexibility index (Phi) is 6.96. The number of rotatable bonds is 8. The third-order valence-electron chi connectivity index (χ3n) is 4.35. The number of aromatic nitrogens is 3. The van der Waals surface area contributed by atoms with Crippen LogP contribution in [0.15, 0.2) is 34.5 Å². The summed E-state index contributed by atoms with van der Waals surface area (Å²) in [5.74, 6) is -0.466. The first kappa shape index (κ1) is 20.2. The van der Waals surface area contributed by atoms with Crippen molar-refractivity contribution in [2.24, 2.45) is 5.10 Å². The first-order valence-corrected chi connectivity index (χ1v) is 9.88. The molecule has 28 heavy (non-hydrogen) atoms. The smallest absolute Gasteiger partial charge is 0.387 e. The van der Waals surface area contributed by atoms with Crippen molar-refractivity contribution in [1.29, 1.82) is 0 Å². The van der Waals surface area contributed by atoms with Gasteiger partial charge in [-0.25, -0.2) is 0 Å². The quantitative estimate of drug-likeness (QED) is 0.492. The fraction of sp³-hybridized carbons (Fsp3) is 0.444. The van der Waals surface area contributed by atoms with Gasteiger partial charge in [0.05, 0.1) is 12.2 Å². The van der Waals surface area contributed by atoms with Crippen molar-refractivity contribution in [3.63, 3.8) is 0 Å². The predicted molar refractivity (Wildman–Crippen MR) is 97.6 cm³/mol. The Labute approximate surface area is 164 Å². The van der Waals surface area contributed by atoms with E-state index in [1.165, 1.54) is 18.6 Å². The monoisotopic (exact) mass is 409 g/mol. The summed E-state index contributed by atoms with van der Waals surface area (Å²) in [6, 6.07) is 6.04. The first-order valence-electron chi connectivity index (χ1n) is 8.90. The van der Waals surface area contributed by atoms with Crippen LogP contribution >= 0.6 is 11.8 Å². The summed E-state index contributed by atoms with van der Waals surface area (Å²) in [4.78, 5) is 10.8. The largest absolute Gasteiger partial charge is 0.549 e. The van der Waals surface area contributed by atoms with Gasteiger partial charge >= 0.3 is 6.61 Å². The van der Waals surface area contributed by atoms with E-state index in [-0.39, 0.29) is 17.4 Å². The van der Waals surface area contributed by atoms with Gasteiger partial charge in [-0.1, -0.05) is 31.0 Å². The summed E-state index contributed by atoms with van der Waals surface area (Å²) in [6.07, 6.45) is 6.91. The van der Waals surface area contributed by atoms with Crippen LogP contribution in [-0.2, 0) is 4.79 Å². The highest BCUT2D eigenvalue weighted by molar-refractivity contribution is 7.99. The molecule has 2 aromatic rings. The van der Waals surface area contributed by atoms with Gasteiger partial charge in [-0.15, -0.1) is 10.2 Å². The lowest BCUT2D eigenvalue weighted by Gasteiger charge is -2.20. The van der Waals surface area contributed by atoms with Crippen LogP contribution in [0.4, 0.5) is 8.78 Å². The molecule has 0 unspecified atom stereocenters. The average molecular weight is 409 g/mol. The van der Waals surface area contributed by atoms with Gasteiger partial charge in [-0.05, 0) is 42.7 Å². The number of hydrogen-bond acceptors (Lipinski definition) is 7. The number of thioether (sulfide) groups is 1. The lowest BCUT2D eigenvalue weighted by molar-refractivity contribution is -0.301. The maximum absolute atomic E-state index is 12.2. The topological polar surface area (TPSA) is 92.4 Å². The molecule has 7 nitrogen and oxygen atoms in total. The van der Waals surface area contributed by atoms with Gasteiger partial charge in [0, 0.05) is 11.7 Å². The summed E-state index contributed by atoms with van der Waals surface area (Å²) in [5.41, 5.74) is 0.667. The van der Waals surface area contributed by atoms with Gasteiger partial charge in [-0.2, -0.15) is 18.6 Å². The Balaban J connectivity index is 1.81. The normalized spacial score (nSPS) is 15.4. The molecular formula is C18H19F2N4O3S-. The third kappa shape index (κ3) is 5.51. The molecule has 1 aromatic heterocycles. The van der Waals surface area contributed by atoms with Crippen molar-refractivity contribution in [2.75, 3.05) is 5.75 Å². The molecule has 0 spiro atoms. The van der Waals surface area contributed by atoms with Gasteiger partial charge < -0.3 is 14.6 Å². The summed E-state index contributed by atoms with van der Waals surface area (Å²) < 4.78 is 30.4. The SMILES string of the molecule is O=C([O-])CSc1nnc(C2CCCCC2)n1/N=C\c1ccc(OC(F)F)cc1. The van der Waals surface area contributed by atoms with Crippen LogP contribution in [0.3, 0.4) is 0 Å². The zero-order valence-corrected chi connectivity index (χ0v) is 15.8. The molecule has 1 fully saturated rings. The summed E-state index contributed by atoms with van der Waals surface area (Å²) in [6.45, 7) is -2.88. The molecule has 0 amide bonds. The van der Waals surface area contributed by atoms with Crippen molar-refractivity contribution < 1.29 is 23.4 Å². The molecule has 0 saturated heterocycles. The highest BCUT2D eigenvalue weighted by atomic mass is 32.2. The lowest BCUT2D eigenvalue weighted by atomic mass is 9.89. The number of carbonyl (C=O) groups is 1. The number of hydrogen-bond donors (Lipinski definition) is 0.